The molecule has 3 rings (SSSR count). The predicted octanol–water partition coefficient (Wildman–Crippen LogP) is 4.66. The number of nitrogens with zero attached hydrogens (tertiary/aromatic N) is 1. The van der Waals surface area contributed by atoms with E-state index in [4.69, 9.17) is 0 Å². The van der Waals surface area contributed by atoms with Crippen LogP contribution in [0.4, 0.5) is 4.39 Å². The van der Waals surface area contributed by atoms with E-state index in [1.807, 2.05) is 67.6 Å². The van der Waals surface area contributed by atoms with E-state index in [0.717, 1.165) is 16.7 Å². The zero-order chi connectivity index (χ0) is 22.1. The summed E-state index contributed by atoms with van der Waals surface area (Å²) < 4.78 is 13.4. The second-order valence-electron chi connectivity index (χ2n) is 7.34. The summed E-state index contributed by atoms with van der Waals surface area (Å²) in [6.45, 7) is 2.52. The molecule has 0 aliphatic heterocycles. The molecule has 0 spiro atoms. The van der Waals surface area contributed by atoms with Crippen molar-refractivity contribution in [2.24, 2.45) is 0 Å². The molecule has 5 heteroatoms. The van der Waals surface area contributed by atoms with Crippen molar-refractivity contribution in [1.29, 1.82) is 0 Å². The normalized spacial score (nSPS) is 11.5. The van der Waals surface area contributed by atoms with Crippen LogP contribution in [-0.2, 0) is 22.6 Å². The average Bonchev–Trinajstić information content (AvgIpc) is 2.80. The maximum absolute atomic E-state index is 13.4. The Morgan fingerprint density at radius 3 is 2.10 bits per heavy atom. The Morgan fingerprint density at radius 1 is 0.871 bits per heavy atom. The van der Waals surface area contributed by atoms with Crippen LogP contribution in [0.15, 0.2) is 84.9 Å². The molecule has 0 saturated carbocycles. The van der Waals surface area contributed by atoms with Gasteiger partial charge in [0.1, 0.15) is 11.9 Å². The molecule has 0 radical (unpaired) electrons. The molecule has 1 atom stereocenters. The van der Waals surface area contributed by atoms with Crippen molar-refractivity contribution in [3.63, 3.8) is 0 Å². The Morgan fingerprint density at radius 2 is 1.48 bits per heavy atom. The Bertz CT molecular complexity index is 975. The number of carbonyl (C=O) groups is 2. The molecule has 0 saturated heterocycles. The van der Waals surface area contributed by atoms with E-state index in [1.54, 1.807) is 17.0 Å². The number of nitrogens with one attached hydrogen (secondary N) is 1. The maximum Gasteiger partial charge on any atom is 0.247 e. The van der Waals surface area contributed by atoms with Gasteiger partial charge in [-0.3, -0.25) is 9.59 Å². The van der Waals surface area contributed by atoms with E-state index in [-0.39, 0.29) is 30.6 Å². The molecule has 0 aromatic heterocycles. The van der Waals surface area contributed by atoms with Gasteiger partial charge in [0.25, 0.3) is 0 Å². The standard InChI is InChI=1S/C26H27FN2O2/c1-2-28-26(31)25(22-11-7-4-8-12-22)29(19-21-13-16-23(27)17-14-21)24(30)18-15-20-9-5-3-6-10-20/h3-14,16-17,25H,2,15,18-19H2,1H3,(H,28,31). The molecule has 160 valence electrons. The lowest BCUT2D eigenvalue weighted by Crippen LogP contribution is -2.43. The van der Waals surface area contributed by atoms with Crippen molar-refractivity contribution in [3.05, 3.63) is 107 Å². The molecule has 31 heavy (non-hydrogen) atoms. The van der Waals surface area contributed by atoms with Crippen molar-refractivity contribution in [1.82, 2.24) is 10.2 Å². The van der Waals surface area contributed by atoms with Gasteiger partial charge in [-0.25, -0.2) is 4.39 Å². The predicted molar refractivity (Wildman–Crippen MR) is 120 cm³/mol. The third-order valence-corrected chi connectivity index (χ3v) is 5.08. The van der Waals surface area contributed by atoms with Crippen LogP contribution in [0.1, 0.15) is 36.1 Å². The first kappa shape index (κ1) is 22.2. The second kappa shape index (κ2) is 11.1. The number of rotatable bonds is 9. The van der Waals surface area contributed by atoms with E-state index < -0.39 is 6.04 Å². The molecule has 0 bridgehead atoms. The topological polar surface area (TPSA) is 49.4 Å². The van der Waals surface area contributed by atoms with Gasteiger partial charge < -0.3 is 10.2 Å². The number of carbonyl (C=O) groups excluding carboxylic acids is 2. The van der Waals surface area contributed by atoms with Gasteiger partial charge in [-0.15, -0.1) is 0 Å². The van der Waals surface area contributed by atoms with Crippen LogP contribution in [0, 0.1) is 5.82 Å². The van der Waals surface area contributed by atoms with Gasteiger partial charge in [0.15, 0.2) is 0 Å². The Hall–Kier alpha value is -3.47. The van der Waals surface area contributed by atoms with Crippen molar-refractivity contribution in [3.8, 4) is 0 Å². The third-order valence-electron chi connectivity index (χ3n) is 5.08. The molecule has 0 aliphatic carbocycles. The summed E-state index contributed by atoms with van der Waals surface area (Å²) in [6.07, 6.45) is 0.852. The van der Waals surface area contributed by atoms with Gasteiger partial charge in [-0.2, -0.15) is 0 Å². The Labute approximate surface area is 182 Å². The smallest absolute Gasteiger partial charge is 0.247 e. The first-order valence-corrected chi connectivity index (χ1v) is 10.5. The number of benzene rings is 3. The SMILES string of the molecule is CCNC(=O)C(c1ccccc1)N(Cc1ccc(F)cc1)C(=O)CCc1ccccc1. The Kier molecular flexibility index (Phi) is 7.93. The second-order valence-corrected chi connectivity index (χ2v) is 7.34. The first-order valence-electron chi connectivity index (χ1n) is 10.5. The summed E-state index contributed by atoms with van der Waals surface area (Å²) in [7, 11) is 0. The highest BCUT2D eigenvalue weighted by molar-refractivity contribution is 5.88. The fourth-order valence-corrected chi connectivity index (χ4v) is 3.53. The molecule has 3 aromatic rings. The van der Waals surface area contributed by atoms with Crippen molar-refractivity contribution >= 4 is 11.8 Å². The average molecular weight is 419 g/mol. The minimum atomic E-state index is -0.769. The highest BCUT2D eigenvalue weighted by atomic mass is 19.1. The molecule has 0 heterocycles. The molecular weight excluding hydrogens is 391 g/mol. The fraction of sp³-hybridized carbons (Fsp3) is 0.231. The van der Waals surface area contributed by atoms with Crippen molar-refractivity contribution in [2.45, 2.75) is 32.4 Å². The van der Waals surface area contributed by atoms with E-state index >= 15 is 0 Å². The van der Waals surface area contributed by atoms with Crippen LogP contribution in [-0.4, -0.2) is 23.3 Å². The Balaban J connectivity index is 1.91. The molecule has 2 amide bonds. The van der Waals surface area contributed by atoms with E-state index in [9.17, 15) is 14.0 Å². The van der Waals surface area contributed by atoms with Gasteiger partial charge in [0.05, 0.1) is 0 Å². The quantitative estimate of drug-likeness (QED) is 0.549. The third kappa shape index (κ3) is 6.25. The lowest BCUT2D eigenvalue weighted by Gasteiger charge is -2.31. The number of hydrogen-bond acceptors (Lipinski definition) is 2. The summed E-state index contributed by atoms with van der Waals surface area (Å²) in [4.78, 5) is 28.0. The number of amides is 2. The van der Waals surface area contributed by atoms with Gasteiger partial charge in [-0.05, 0) is 42.2 Å². The largest absolute Gasteiger partial charge is 0.354 e. The summed E-state index contributed by atoms with van der Waals surface area (Å²) in [6, 6.07) is 24.3. The molecule has 1 unspecified atom stereocenters. The first-order chi connectivity index (χ1) is 15.1. The van der Waals surface area contributed by atoms with Crippen LogP contribution < -0.4 is 5.32 Å². The molecule has 0 aliphatic rings. The zero-order valence-electron chi connectivity index (χ0n) is 17.6. The zero-order valence-corrected chi connectivity index (χ0v) is 17.6. The van der Waals surface area contributed by atoms with Gasteiger partial charge in [0, 0.05) is 19.5 Å². The lowest BCUT2D eigenvalue weighted by molar-refractivity contribution is -0.141. The van der Waals surface area contributed by atoms with Gasteiger partial charge >= 0.3 is 0 Å². The molecule has 3 aromatic carbocycles. The number of halogens is 1. The molecule has 4 nitrogen and oxygen atoms in total. The highest BCUT2D eigenvalue weighted by Crippen LogP contribution is 2.25. The molecule has 1 N–H and O–H groups in total. The number of likely N-dealkylation sites (N-methyl/N-ethyl adjacent to an activating group) is 1. The van der Waals surface area contributed by atoms with Crippen LogP contribution >= 0.6 is 0 Å². The van der Waals surface area contributed by atoms with Gasteiger partial charge in [-0.1, -0.05) is 72.8 Å². The van der Waals surface area contributed by atoms with Crippen LogP contribution in [0.3, 0.4) is 0 Å². The summed E-state index contributed by atoms with van der Waals surface area (Å²) in [5, 5.41) is 2.86. The van der Waals surface area contributed by atoms with Crippen molar-refractivity contribution in [2.75, 3.05) is 6.54 Å². The monoisotopic (exact) mass is 418 g/mol. The minimum absolute atomic E-state index is 0.131. The van der Waals surface area contributed by atoms with Crippen LogP contribution in [0.5, 0.6) is 0 Å². The fourth-order valence-electron chi connectivity index (χ4n) is 3.53. The number of hydrogen-bond donors (Lipinski definition) is 1. The van der Waals surface area contributed by atoms with Crippen LogP contribution in [0.2, 0.25) is 0 Å². The summed E-state index contributed by atoms with van der Waals surface area (Å²) in [5.74, 6) is -0.703. The lowest BCUT2D eigenvalue weighted by atomic mass is 10.0. The summed E-state index contributed by atoms with van der Waals surface area (Å²) >= 11 is 0. The van der Waals surface area contributed by atoms with E-state index in [0.29, 0.717) is 13.0 Å². The molecular formula is C26H27FN2O2. The summed E-state index contributed by atoms with van der Waals surface area (Å²) in [5.41, 5.74) is 2.56. The van der Waals surface area contributed by atoms with E-state index in [2.05, 4.69) is 5.32 Å². The van der Waals surface area contributed by atoms with Crippen LogP contribution in [0.25, 0.3) is 0 Å². The minimum Gasteiger partial charge on any atom is -0.354 e. The highest BCUT2D eigenvalue weighted by Gasteiger charge is 2.31. The van der Waals surface area contributed by atoms with Crippen molar-refractivity contribution < 1.29 is 14.0 Å². The maximum atomic E-state index is 13.4. The molecule has 0 fully saturated rings. The van der Waals surface area contributed by atoms with Gasteiger partial charge in [0.2, 0.25) is 11.8 Å². The van der Waals surface area contributed by atoms with E-state index in [1.165, 1.54) is 12.1 Å². The number of aryl methyl sites for hydroxylation is 1.